The summed E-state index contributed by atoms with van der Waals surface area (Å²) in [5.41, 5.74) is -4.59. The monoisotopic (exact) mass is 370 g/mol. The average molecular weight is 372 g/mol. The van der Waals surface area contributed by atoms with Crippen molar-refractivity contribution in [1.82, 2.24) is 0 Å². The summed E-state index contributed by atoms with van der Waals surface area (Å²) >= 11 is 4.62. The molecule has 0 atom stereocenters. The number of hydrogen-bond donors (Lipinski definition) is 0. The highest BCUT2D eigenvalue weighted by Gasteiger charge is 2.31. The molecule has 0 amide bonds. The van der Waals surface area contributed by atoms with Crippen LogP contribution in [0.2, 0.25) is 0 Å². The first-order valence-corrected chi connectivity index (χ1v) is 5.71. The smallest absolute Gasteiger partial charge is 0.206 e. The zero-order valence-corrected chi connectivity index (χ0v) is 10.6. The molecule has 1 rings (SSSR count). The molecule has 84 valence electrons. The van der Waals surface area contributed by atoms with Gasteiger partial charge >= 0.3 is 5.51 Å². The van der Waals surface area contributed by atoms with Gasteiger partial charge in [-0.25, -0.2) is 8.78 Å². The van der Waals surface area contributed by atoms with Gasteiger partial charge in [0.2, 0.25) is 0 Å². The van der Waals surface area contributed by atoms with E-state index in [9.17, 15) is 22.0 Å². The summed E-state index contributed by atoms with van der Waals surface area (Å²) in [7, 11) is 0. The van der Waals surface area contributed by atoms with Gasteiger partial charge in [-0.05, 0) is 49.7 Å². The van der Waals surface area contributed by atoms with Crippen LogP contribution in [0.15, 0.2) is 19.9 Å². The topological polar surface area (TPSA) is 0 Å². The van der Waals surface area contributed by atoms with Gasteiger partial charge in [0.15, 0.2) is 5.82 Å². The summed E-state index contributed by atoms with van der Waals surface area (Å²) in [6.07, 6.45) is 0. The van der Waals surface area contributed by atoms with Crippen LogP contribution in [0.1, 0.15) is 0 Å². The van der Waals surface area contributed by atoms with E-state index in [0.29, 0.717) is 6.07 Å². The molecule has 0 unspecified atom stereocenters. The van der Waals surface area contributed by atoms with Crippen molar-refractivity contribution in [3.05, 3.63) is 26.6 Å². The van der Waals surface area contributed by atoms with Gasteiger partial charge < -0.3 is 0 Å². The minimum absolute atomic E-state index is 0.418. The lowest BCUT2D eigenvalue weighted by atomic mass is 10.3. The summed E-state index contributed by atoms with van der Waals surface area (Å²) in [6, 6.07) is 0.607. The molecule has 0 fully saturated rings. The van der Waals surface area contributed by atoms with Gasteiger partial charge in [-0.2, -0.15) is 13.2 Å². The van der Waals surface area contributed by atoms with Gasteiger partial charge in [0.05, 0.1) is 8.95 Å². The Balaban J connectivity index is 3.21. The van der Waals surface area contributed by atoms with E-state index in [2.05, 4.69) is 31.9 Å². The van der Waals surface area contributed by atoms with E-state index < -0.39 is 42.7 Å². The minimum Gasteiger partial charge on any atom is -0.206 e. The minimum atomic E-state index is -4.59. The molecule has 0 saturated heterocycles. The van der Waals surface area contributed by atoms with Crippen molar-refractivity contribution < 1.29 is 22.0 Å². The third-order valence-electron chi connectivity index (χ3n) is 1.29. The second-order valence-corrected chi connectivity index (χ2v) is 5.04. The lowest BCUT2D eigenvalue weighted by Gasteiger charge is -2.09. The quantitative estimate of drug-likeness (QED) is 0.286. The zero-order valence-electron chi connectivity index (χ0n) is 6.63. The molecular weight excluding hydrogens is 371 g/mol. The first-order valence-electron chi connectivity index (χ1n) is 3.31. The van der Waals surface area contributed by atoms with Crippen LogP contribution in [0.5, 0.6) is 0 Å². The fraction of sp³-hybridized carbons (Fsp3) is 0.143. The molecule has 0 heterocycles. The van der Waals surface area contributed by atoms with Crippen molar-refractivity contribution in [2.45, 2.75) is 10.4 Å². The van der Waals surface area contributed by atoms with Gasteiger partial charge in [-0.1, -0.05) is 0 Å². The number of hydrogen-bond acceptors (Lipinski definition) is 1. The molecule has 0 N–H and O–H groups in total. The van der Waals surface area contributed by atoms with E-state index in [1.165, 1.54) is 0 Å². The van der Waals surface area contributed by atoms with Crippen LogP contribution in [0.25, 0.3) is 0 Å². The summed E-state index contributed by atoms with van der Waals surface area (Å²) in [5, 5.41) is 0. The van der Waals surface area contributed by atoms with Crippen LogP contribution < -0.4 is 0 Å². The molecule has 0 aliphatic carbocycles. The SMILES string of the molecule is Fc1cc(SC(F)(F)F)c(Br)c(F)c1Br. The second-order valence-electron chi connectivity index (χ2n) is 2.35. The highest BCUT2D eigenvalue weighted by molar-refractivity contribution is 9.11. The first-order chi connectivity index (χ1) is 6.72. The maximum absolute atomic E-state index is 13.1. The molecular formula is C7HBr2F5S. The first kappa shape index (κ1) is 13.2. The molecule has 0 aromatic heterocycles. The Labute approximate surface area is 102 Å². The fourth-order valence-electron chi connectivity index (χ4n) is 0.750. The predicted octanol–water partition coefficient (Wildman–Crippen LogP) is 5.10. The molecule has 1 aromatic rings. The van der Waals surface area contributed by atoms with Crippen molar-refractivity contribution in [2.24, 2.45) is 0 Å². The number of rotatable bonds is 1. The zero-order chi connectivity index (χ0) is 11.8. The molecule has 0 radical (unpaired) electrons. The van der Waals surface area contributed by atoms with Gasteiger partial charge in [0, 0.05) is 4.90 Å². The third kappa shape index (κ3) is 3.32. The highest BCUT2D eigenvalue weighted by Crippen LogP contribution is 2.43. The highest BCUT2D eigenvalue weighted by atomic mass is 79.9. The Hall–Kier alpha value is 0.180. The van der Waals surface area contributed by atoms with E-state index in [1.807, 2.05) is 0 Å². The van der Waals surface area contributed by atoms with Crippen molar-refractivity contribution >= 4 is 43.6 Å². The van der Waals surface area contributed by atoms with Crippen molar-refractivity contribution in [2.75, 3.05) is 0 Å². The average Bonchev–Trinajstić information content (AvgIpc) is 2.08. The van der Waals surface area contributed by atoms with E-state index in [1.54, 1.807) is 0 Å². The van der Waals surface area contributed by atoms with E-state index in [4.69, 9.17) is 0 Å². The number of thioether (sulfide) groups is 1. The molecule has 1 aromatic carbocycles. The summed E-state index contributed by atoms with van der Waals surface area (Å²) < 4.78 is 61.0. The molecule has 0 nitrogen and oxygen atoms in total. The fourth-order valence-corrected chi connectivity index (χ4v) is 2.48. The van der Waals surface area contributed by atoms with Crippen LogP contribution >= 0.6 is 43.6 Å². The van der Waals surface area contributed by atoms with Crippen LogP contribution in [-0.4, -0.2) is 5.51 Å². The molecule has 15 heavy (non-hydrogen) atoms. The predicted molar refractivity (Wildman–Crippen MR) is 53.7 cm³/mol. The Bertz CT molecular complexity index is 390. The molecule has 0 bridgehead atoms. The van der Waals surface area contributed by atoms with Crippen molar-refractivity contribution in [3.8, 4) is 0 Å². The number of alkyl halides is 3. The van der Waals surface area contributed by atoms with Crippen LogP contribution in [0, 0.1) is 11.6 Å². The van der Waals surface area contributed by atoms with E-state index in [0.717, 1.165) is 0 Å². The Kier molecular flexibility index (Phi) is 4.05. The molecule has 0 aliphatic rings. The third-order valence-corrected chi connectivity index (χ3v) is 3.83. The normalized spacial score (nSPS) is 11.9. The van der Waals surface area contributed by atoms with Crippen LogP contribution in [-0.2, 0) is 0 Å². The van der Waals surface area contributed by atoms with Crippen molar-refractivity contribution in [1.29, 1.82) is 0 Å². The van der Waals surface area contributed by atoms with Crippen molar-refractivity contribution in [3.63, 3.8) is 0 Å². The number of halogens is 7. The molecule has 8 heteroatoms. The lowest BCUT2D eigenvalue weighted by molar-refractivity contribution is -0.0328. The number of benzene rings is 1. The standard InChI is InChI=1S/C7HBr2F5S/c8-4-2(10)1-3(5(9)6(4)11)15-7(12,13)14/h1H. The molecule has 0 saturated carbocycles. The molecule has 0 aliphatic heterocycles. The summed E-state index contributed by atoms with van der Waals surface area (Å²) in [4.78, 5) is -0.555. The van der Waals surface area contributed by atoms with Gasteiger partial charge in [-0.15, -0.1) is 0 Å². The summed E-state index contributed by atoms with van der Waals surface area (Å²) in [5.74, 6) is -2.18. The second kappa shape index (κ2) is 4.58. The Morgan fingerprint density at radius 3 is 2.07 bits per heavy atom. The van der Waals surface area contributed by atoms with Gasteiger partial charge in [0.1, 0.15) is 5.82 Å². The van der Waals surface area contributed by atoms with Crippen LogP contribution in [0.4, 0.5) is 22.0 Å². The maximum Gasteiger partial charge on any atom is 0.446 e. The van der Waals surface area contributed by atoms with E-state index >= 15 is 0 Å². The van der Waals surface area contributed by atoms with Gasteiger partial charge in [-0.3, -0.25) is 0 Å². The summed E-state index contributed by atoms with van der Waals surface area (Å²) in [6.45, 7) is 0. The molecule has 0 spiro atoms. The largest absolute Gasteiger partial charge is 0.446 e. The van der Waals surface area contributed by atoms with Gasteiger partial charge in [0.25, 0.3) is 0 Å². The Morgan fingerprint density at radius 1 is 1.07 bits per heavy atom. The van der Waals surface area contributed by atoms with E-state index in [-0.39, 0.29) is 0 Å². The Morgan fingerprint density at radius 2 is 1.60 bits per heavy atom. The van der Waals surface area contributed by atoms with Crippen LogP contribution in [0.3, 0.4) is 0 Å². The maximum atomic E-state index is 13.1. The lowest BCUT2D eigenvalue weighted by Crippen LogP contribution is -2.01.